The minimum absolute atomic E-state index is 0.0135. The zero-order valence-corrected chi connectivity index (χ0v) is 9.12. The lowest BCUT2D eigenvalue weighted by molar-refractivity contribution is -0.255. The third-order valence-corrected chi connectivity index (χ3v) is 2.14. The van der Waals surface area contributed by atoms with Gasteiger partial charge >= 0.3 is 0 Å². The molecule has 0 aliphatic rings. The number of nitrogens with one attached hydrogen (secondary N) is 1. The molecule has 0 saturated carbocycles. The minimum atomic E-state index is -1.28. The van der Waals surface area contributed by atoms with Gasteiger partial charge in [-0.25, -0.2) is 0 Å². The Bertz CT molecular complexity index is 599. The van der Waals surface area contributed by atoms with Crippen LogP contribution in [-0.2, 0) is 0 Å². The van der Waals surface area contributed by atoms with Crippen molar-refractivity contribution in [1.29, 1.82) is 0 Å². The van der Waals surface area contributed by atoms with Gasteiger partial charge in [0, 0.05) is 0 Å². The van der Waals surface area contributed by atoms with E-state index in [9.17, 15) is 9.90 Å². The van der Waals surface area contributed by atoms with Crippen molar-refractivity contribution in [3.63, 3.8) is 0 Å². The number of hydrogen-bond donors (Lipinski definition) is 3. The molecule has 0 atom stereocenters. The first-order valence-electron chi connectivity index (χ1n) is 4.90. The van der Waals surface area contributed by atoms with E-state index in [1.807, 2.05) is 0 Å². The van der Waals surface area contributed by atoms with Gasteiger partial charge in [-0.2, -0.15) is 10.2 Å². The normalized spacial score (nSPS) is 10.9. The van der Waals surface area contributed by atoms with Gasteiger partial charge < -0.3 is 21.4 Å². The number of H-pyrrole nitrogens is 1. The molecule has 0 fully saturated rings. The monoisotopic (exact) mass is 245 g/mol. The van der Waals surface area contributed by atoms with E-state index in [-0.39, 0.29) is 22.9 Å². The molecule has 5 N–H and O–H groups in total. The van der Waals surface area contributed by atoms with E-state index in [0.29, 0.717) is 5.69 Å². The maximum Gasteiger partial charge on any atom is 0.175 e. The Balaban J connectivity index is 2.29. The van der Waals surface area contributed by atoms with Crippen LogP contribution in [0.1, 0.15) is 10.4 Å². The van der Waals surface area contributed by atoms with Crippen LogP contribution < -0.4 is 16.6 Å². The number of hydrogen-bond acceptors (Lipinski definition) is 7. The number of azo groups is 1. The Morgan fingerprint density at radius 2 is 2.11 bits per heavy atom. The Hall–Kier alpha value is -2.90. The largest absolute Gasteiger partial charge is 0.545 e. The number of nitrogens with two attached hydrogens (primary N) is 2. The molecule has 0 radical (unpaired) electrons. The second kappa shape index (κ2) is 4.53. The number of carbonyl (C=O) groups is 1. The zero-order chi connectivity index (χ0) is 13.1. The molecule has 0 unspecified atom stereocenters. The minimum Gasteiger partial charge on any atom is -0.545 e. The molecule has 92 valence electrons. The van der Waals surface area contributed by atoms with Gasteiger partial charge in [0.1, 0.15) is 5.82 Å². The molecule has 1 aromatic heterocycles. The van der Waals surface area contributed by atoms with E-state index in [4.69, 9.17) is 11.5 Å². The second-order valence-corrected chi connectivity index (χ2v) is 3.41. The SMILES string of the molecule is Nc1n[nH]c(N)c1N=Nc1cccc(C(=O)[O-])c1. The zero-order valence-electron chi connectivity index (χ0n) is 9.12. The molecule has 0 aliphatic carbocycles. The van der Waals surface area contributed by atoms with Gasteiger partial charge in [-0.1, -0.05) is 12.1 Å². The number of carboxylic acid groups (broad SMARTS) is 1. The summed E-state index contributed by atoms with van der Waals surface area (Å²) in [5, 5.41) is 24.4. The van der Waals surface area contributed by atoms with Crippen molar-refractivity contribution < 1.29 is 9.90 Å². The van der Waals surface area contributed by atoms with Crippen LogP contribution in [0.5, 0.6) is 0 Å². The molecule has 8 nitrogen and oxygen atoms in total. The number of aromatic carboxylic acids is 1. The van der Waals surface area contributed by atoms with Crippen LogP contribution in [0.3, 0.4) is 0 Å². The lowest BCUT2D eigenvalue weighted by Gasteiger charge is -2.01. The van der Waals surface area contributed by atoms with Gasteiger partial charge in [-0.05, 0) is 17.7 Å². The Kier molecular flexibility index (Phi) is 2.92. The van der Waals surface area contributed by atoms with Gasteiger partial charge in [0.2, 0.25) is 0 Å². The summed E-state index contributed by atoms with van der Waals surface area (Å²) < 4.78 is 0. The van der Waals surface area contributed by atoms with E-state index >= 15 is 0 Å². The van der Waals surface area contributed by atoms with Gasteiger partial charge in [0.05, 0.1) is 11.7 Å². The molecule has 0 amide bonds. The fourth-order valence-electron chi connectivity index (χ4n) is 1.27. The molecule has 8 heteroatoms. The molecule has 1 aromatic carbocycles. The molecular formula is C10H9N6O2-. The summed E-state index contributed by atoms with van der Waals surface area (Å²) >= 11 is 0. The third-order valence-electron chi connectivity index (χ3n) is 2.14. The highest BCUT2D eigenvalue weighted by molar-refractivity contribution is 5.86. The first-order valence-corrected chi connectivity index (χ1v) is 4.90. The van der Waals surface area contributed by atoms with E-state index in [0.717, 1.165) is 0 Å². The third kappa shape index (κ3) is 2.26. The fraction of sp³-hybridized carbons (Fsp3) is 0. The maximum absolute atomic E-state index is 10.7. The summed E-state index contributed by atoms with van der Waals surface area (Å²) in [5.74, 6) is -0.978. The van der Waals surface area contributed by atoms with Crippen molar-refractivity contribution in [2.24, 2.45) is 10.2 Å². The van der Waals surface area contributed by atoms with Gasteiger partial charge in [-0.15, -0.1) is 5.11 Å². The number of anilines is 2. The standard InChI is InChI=1S/C10H10N6O2/c11-8-7(9(12)16-15-8)14-13-6-3-1-2-5(4-6)10(17)18/h1-4H,(H,17,18)(H5,11,12,15,16)/p-1. The molecule has 1 heterocycles. The van der Waals surface area contributed by atoms with Crippen molar-refractivity contribution in [1.82, 2.24) is 10.2 Å². The van der Waals surface area contributed by atoms with Gasteiger partial charge in [-0.3, -0.25) is 5.10 Å². The highest BCUT2D eigenvalue weighted by atomic mass is 16.4. The highest BCUT2D eigenvalue weighted by Crippen LogP contribution is 2.28. The summed E-state index contributed by atoms with van der Waals surface area (Å²) in [7, 11) is 0. The number of rotatable bonds is 3. The molecule has 0 spiro atoms. The summed E-state index contributed by atoms with van der Waals surface area (Å²) in [6.45, 7) is 0. The van der Waals surface area contributed by atoms with Crippen molar-refractivity contribution in [3.8, 4) is 0 Å². The summed E-state index contributed by atoms with van der Waals surface area (Å²) in [6, 6.07) is 5.84. The lowest BCUT2D eigenvalue weighted by Crippen LogP contribution is -2.21. The number of benzene rings is 1. The molecule has 0 saturated heterocycles. The second-order valence-electron chi connectivity index (χ2n) is 3.41. The number of aromatic amines is 1. The van der Waals surface area contributed by atoms with Crippen molar-refractivity contribution >= 4 is 29.0 Å². The van der Waals surface area contributed by atoms with E-state index in [2.05, 4.69) is 20.4 Å². The smallest absolute Gasteiger partial charge is 0.175 e. The predicted octanol–water partition coefficient (Wildman–Crippen LogP) is 0.353. The Labute approximate surface area is 101 Å². The van der Waals surface area contributed by atoms with Crippen LogP contribution >= 0.6 is 0 Å². The fourth-order valence-corrected chi connectivity index (χ4v) is 1.27. The molecular weight excluding hydrogens is 236 g/mol. The van der Waals surface area contributed by atoms with Crippen LogP contribution in [-0.4, -0.2) is 16.2 Å². The number of carbonyl (C=O) groups excluding carboxylic acids is 1. The number of nitrogen functional groups attached to an aromatic ring is 2. The van der Waals surface area contributed by atoms with Crippen LogP contribution in [0, 0.1) is 0 Å². The Morgan fingerprint density at radius 1 is 1.33 bits per heavy atom. The quantitative estimate of drug-likeness (QED) is 0.668. The van der Waals surface area contributed by atoms with E-state index in [1.165, 1.54) is 18.2 Å². The first kappa shape index (κ1) is 11.6. The van der Waals surface area contributed by atoms with Crippen molar-refractivity contribution in [3.05, 3.63) is 29.8 Å². The van der Waals surface area contributed by atoms with Gasteiger partial charge in [0.15, 0.2) is 11.5 Å². The molecule has 0 bridgehead atoms. The summed E-state index contributed by atoms with van der Waals surface area (Å²) in [5.41, 5.74) is 11.6. The summed E-state index contributed by atoms with van der Waals surface area (Å²) in [4.78, 5) is 10.7. The number of nitrogens with zero attached hydrogens (tertiary/aromatic N) is 3. The number of carboxylic acids is 1. The van der Waals surface area contributed by atoms with E-state index in [1.54, 1.807) is 6.07 Å². The van der Waals surface area contributed by atoms with Crippen LogP contribution in [0.25, 0.3) is 0 Å². The molecule has 18 heavy (non-hydrogen) atoms. The van der Waals surface area contributed by atoms with Crippen molar-refractivity contribution in [2.75, 3.05) is 11.5 Å². The van der Waals surface area contributed by atoms with Crippen LogP contribution in [0.15, 0.2) is 34.5 Å². The van der Waals surface area contributed by atoms with Gasteiger partial charge in [0.25, 0.3) is 0 Å². The highest BCUT2D eigenvalue weighted by Gasteiger charge is 2.06. The topological polar surface area (TPSA) is 146 Å². The first-order chi connectivity index (χ1) is 8.58. The average molecular weight is 245 g/mol. The Morgan fingerprint density at radius 3 is 2.72 bits per heavy atom. The molecule has 0 aliphatic heterocycles. The lowest BCUT2D eigenvalue weighted by atomic mass is 10.2. The predicted molar refractivity (Wildman–Crippen MR) is 62.4 cm³/mol. The average Bonchev–Trinajstić information content (AvgIpc) is 2.67. The van der Waals surface area contributed by atoms with E-state index < -0.39 is 5.97 Å². The molecule has 2 rings (SSSR count). The molecule has 2 aromatic rings. The maximum atomic E-state index is 10.7. The van der Waals surface area contributed by atoms with Crippen LogP contribution in [0.2, 0.25) is 0 Å². The van der Waals surface area contributed by atoms with Crippen LogP contribution in [0.4, 0.5) is 23.0 Å². The van der Waals surface area contributed by atoms with Crippen molar-refractivity contribution in [2.45, 2.75) is 0 Å². The summed E-state index contributed by atoms with van der Waals surface area (Å²) in [6.07, 6.45) is 0. The number of aromatic nitrogens is 2.